The zero-order chi connectivity index (χ0) is 21.0. The van der Waals surface area contributed by atoms with Gasteiger partial charge in [0.1, 0.15) is 6.17 Å². The van der Waals surface area contributed by atoms with Gasteiger partial charge in [0.15, 0.2) is 11.6 Å². The number of carbonyl (C=O) groups excluding carboxylic acids is 1. The van der Waals surface area contributed by atoms with Crippen molar-refractivity contribution >= 4 is 51.5 Å². The average molecular weight is 448 g/mol. The van der Waals surface area contributed by atoms with Crippen molar-refractivity contribution in [3.05, 3.63) is 41.4 Å². The average Bonchev–Trinajstić information content (AvgIpc) is 3.11. The maximum Gasteiger partial charge on any atom is 0.231 e. The van der Waals surface area contributed by atoms with E-state index in [1.54, 1.807) is 35.1 Å². The summed E-state index contributed by atoms with van der Waals surface area (Å²) in [5.41, 5.74) is 2.50. The van der Waals surface area contributed by atoms with Crippen molar-refractivity contribution in [2.45, 2.75) is 24.4 Å². The topological polar surface area (TPSA) is 75.1 Å². The molecule has 2 N–H and O–H groups in total. The lowest BCUT2D eigenvalue weighted by Gasteiger charge is -2.12. The number of carbonyl (C=O) groups is 1. The predicted molar refractivity (Wildman–Crippen MR) is 113 cm³/mol. The minimum Gasteiger partial charge on any atom is -0.309 e. The van der Waals surface area contributed by atoms with Crippen LogP contribution >= 0.6 is 23.4 Å². The number of aromatic amines is 1. The molecule has 30 heavy (non-hydrogen) atoms. The van der Waals surface area contributed by atoms with Crippen LogP contribution in [0.25, 0.3) is 27.5 Å². The molecule has 1 aliphatic carbocycles. The number of hydrogen-bond donors (Lipinski definition) is 2. The predicted octanol–water partition coefficient (Wildman–Crippen LogP) is 5.08. The van der Waals surface area contributed by atoms with E-state index in [4.69, 9.17) is 11.6 Å². The first-order chi connectivity index (χ1) is 14.5. The highest BCUT2D eigenvalue weighted by molar-refractivity contribution is 7.99. The van der Waals surface area contributed by atoms with Crippen molar-refractivity contribution in [1.29, 1.82) is 0 Å². The molecule has 0 spiro atoms. The molecule has 0 unspecified atom stereocenters. The first-order valence-electron chi connectivity index (χ1n) is 9.39. The number of alkyl halides is 1. The van der Waals surface area contributed by atoms with E-state index < -0.39 is 17.9 Å². The number of aromatic nitrogens is 4. The van der Waals surface area contributed by atoms with E-state index in [2.05, 4.69) is 20.6 Å². The van der Waals surface area contributed by atoms with Crippen LogP contribution in [-0.4, -0.2) is 37.6 Å². The van der Waals surface area contributed by atoms with Crippen molar-refractivity contribution in [2.75, 3.05) is 11.1 Å². The summed E-state index contributed by atoms with van der Waals surface area (Å²) >= 11 is 7.80. The fraction of sp³-hybridized carbons (Fsp3) is 0.250. The molecule has 154 valence electrons. The van der Waals surface area contributed by atoms with Gasteiger partial charge in [-0.25, -0.2) is 13.3 Å². The van der Waals surface area contributed by atoms with E-state index >= 15 is 4.39 Å². The number of amides is 1. The van der Waals surface area contributed by atoms with Gasteiger partial charge in [0.2, 0.25) is 5.91 Å². The van der Waals surface area contributed by atoms with E-state index in [-0.39, 0.29) is 17.4 Å². The molecule has 1 amide bonds. The Labute approximate surface area is 179 Å². The van der Waals surface area contributed by atoms with E-state index in [1.165, 1.54) is 11.8 Å². The second-order valence-electron chi connectivity index (χ2n) is 7.09. The van der Waals surface area contributed by atoms with Crippen molar-refractivity contribution in [3.63, 3.8) is 0 Å². The van der Waals surface area contributed by atoms with Gasteiger partial charge in [-0.15, -0.1) is 11.8 Å². The molecule has 2 atom stereocenters. The molecule has 0 radical (unpaired) electrons. The highest BCUT2D eigenvalue weighted by Crippen LogP contribution is 2.42. The summed E-state index contributed by atoms with van der Waals surface area (Å²) in [5, 5.41) is 14.6. The number of halogens is 3. The van der Waals surface area contributed by atoms with Crippen molar-refractivity contribution in [2.24, 2.45) is 5.92 Å². The fourth-order valence-electron chi connectivity index (χ4n) is 3.51. The number of pyridine rings is 1. The molecule has 3 heterocycles. The summed E-state index contributed by atoms with van der Waals surface area (Å²) in [4.78, 5) is 12.4. The quantitative estimate of drug-likeness (QED) is 0.418. The number of anilines is 1. The van der Waals surface area contributed by atoms with E-state index in [0.717, 1.165) is 5.39 Å². The Balaban J connectivity index is 1.57. The summed E-state index contributed by atoms with van der Waals surface area (Å²) in [5.74, 6) is -0.430. The number of nitrogens with zero attached hydrogens (tertiary/aromatic N) is 3. The van der Waals surface area contributed by atoms with Crippen LogP contribution in [0.3, 0.4) is 0 Å². The Morgan fingerprint density at radius 1 is 1.47 bits per heavy atom. The zero-order valence-electron chi connectivity index (χ0n) is 15.7. The molecule has 0 aliphatic heterocycles. The SMILES string of the molecule is CCSc1c(F)c(Cl)c(-c2ccn3nc(NC(=O)[C@@H]4C[C@@H]4F)cc3c2)c2cn[nH]c12. The second kappa shape index (κ2) is 7.24. The summed E-state index contributed by atoms with van der Waals surface area (Å²) in [6.07, 6.45) is 2.51. The molecule has 0 saturated heterocycles. The minimum absolute atomic E-state index is 0.0277. The number of fused-ring (bicyclic) bond motifs is 2. The smallest absolute Gasteiger partial charge is 0.231 e. The third-order valence-corrected chi connectivity index (χ3v) is 6.40. The molecular weight excluding hydrogens is 432 g/mol. The van der Waals surface area contributed by atoms with Crippen LogP contribution in [-0.2, 0) is 4.79 Å². The highest BCUT2D eigenvalue weighted by atomic mass is 35.5. The van der Waals surface area contributed by atoms with Gasteiger partial charge in [-0.1, -0.05) is 18.5 Å². The van der Waals surface area contributed by atoms with Crippen LogP contribution in [0.1, 0.15) is 13.3 Å². The van der Waals surface area contributed by atoms with Gasteiger partial charge < -0.3 is 5.32 Å². The molecule has 1 aromatic carbocycles. The first kappa shape index (κ1) is 19.3. The standard InChI is InChI=1S/C20H16ClF2N5OS/c1-2-30-19-17(23)16(21)15(12-8-24-26-18(12)19)9-3-4-28-10(5-9)6-14(27-28)25-20(29)11-7-13(11)22/h3-6,8,11,13H,2,7H2,1H3,(H,24,26)(H,25,27,29)/t11-,13+/m1/s1. The summed E-state index contributed by atoms with van der Waals surface area (Å²) < 4.78 is 29.7. The maximum absolute atomic E-state index is 15.0. The molecule has 5 rings (SSSR count). The molecular formula is C20H16ClF2N5OS. The fourth-order valence-corrected chi connectivity index (χ4v) is 4.69. The van der Waals surface area contributed by atoms with Crippen LogP contribution in [0.15, 0.2) is 35.5 Å². The Kier molecular flexibility index (Phi) is 4.67. The Morgan fingerprint density at radius 3 is 3.00 bits per heavy atom. The number of hydrogen-bond acceptors (Lipinski definition) is 4. The number of rotatable bonds is 5. The second-order valence-corrected chi connectivity index (χ2v) is 8.74. The number of H-pyrrole nitrogens is 1. The summed E-state index contributed by atoms with van der Waals surface area (Å²) in [7, 11) is 0. The zero-order valence-corrected chi connectivity index (χ0v) is 17.3. The molecule has 10 heteroatoms. The maximum atomic E-state index is 15.0. The molecule has 1 saturated carbocycles. The monoisotopic (exact) mass is 447 g/mol. The lowest BCUT2D eigenvalue weighted by atomic mass is 10.0. The van der Waals surface area contributed by atoms with Gasteiger partial charge >= 0.3 is 0 Å². The van der Waals surface area contributed by atoms with E-state index in [9.17, 15) is 9.18 Å². The van der Waals surface area contributed by atoms with Crippen LogP contribution in [0, 0.1) is 11.7 Å². The normalized spacial score (nSPS) is 18.3. The van der Waals surface area contributed by atoms with Crippen LogP contribution in [0.2, 0.25) is 5.02 Å². The number of benzene rings is 1. The minimum atomic E-state index is -1.07. The Hall–Kier alpha value is -2.65. The third kappa shape index (κ3) is 3.13. The molecule has 1 aliphatic rings. The van der Waals surface area contributed by atoms with Gasteiger partial charge in [0, 0.05) is 23.2 Å². The molecule has 1 fully saturated rings. The van der Waals surface area contributed by atoms with Crippen molar-refractivity contribution < 1.29 is 13.6 Å². The third-order valence-electron chi connectivity index (χ3n) is 5.09. The largest absolute Gasteiger partial charge is 0.309 e. The van der Waals surface area contributed by atoms with Crippen LogP contribution in [0.5, 0.6) is 0 Å². The first-order valence-corrected chi connectivity index (χ1v) is 10.8. The van der Waals surface area contributed by atoms with Gasteiger partial charge in [-0.05, 0) is 29.9 Å². The van der Waals surface area contributed by atoms with Crippen LogP contribution in [0.4, 0.5) is 14.6 Å². The van der Waals surface area contributed by atoms with Crippen molar-refractivity contribution in [1.82, 2.24) is 19.8 Å². The summed E-state index contributed by atoms with van der Waals surface area (Å²) in [6.45, 7) is 1.94. The Bertz CT molecular complexity index is 1300. The van der Waals surface area contributed by atoms with Crippen LogP contribution < -0.4 is 5.32 Å². The van der Waals surface area contributed by atoms with E-state index in [1.807, 2.05) is 6.92 Å². The van der Waals surface area contributed by atoms with Gasteiger partial charge in [0.05, 0.1) is 33.1 Å². The summed E-state index contributed by atoms with van der Waals surface area (Å²) in [6, 6.07) is 5.25. The highest BCUT2D eigenvalue weighted by Gasteiger charge is 2.43. The lowest BCUT2D eigenvalue weighted by Crippen LogP contribution is -2.15. The van der Waals surface area contributed by atoms with Gasteiger partial charge in [0.25, 0.3) is 0 Å². The van der Waals surface area contributed by atoms with E-state index in [0.29, 0.717) is 38.6 Å². The molecule has 0 bridgehead atoms. The number of thioether (sulfide) groups is 1. The van der Waals surface area contributed by atoms with Gasteiger partial charge in [-0.2, -0.15) is 10.2 Å². The molecule has 6 nitrogen and oxygen atoms in total. The number of nitrogens with one attached hydrogen (secondary N) is 2. The van der Waals surface area contributed by atoms with Gasteiger partial charge in [-0.3, -0.25) is 9.89 Å². The Morgan fingerprint density at radius 2 is 2.27 bits per heavy atom. The lowest BCUT2D eigenvalue weighted by molar-refractivity contribution is -0.117. The molecule has 3 aromatic heterocycles. The molecule has 4 aromatic rings. The van der Waals surface area contributed by atoms with Crippen molar-refractivity contribution in [3.8, 4) is 11.1 Å².